The van der Waals surface area contributed by atoms with E-state index >= 15 is 0 Å². The van der Waals surface area contributed by atoms with E-state index in [0.29, 0.717) is 19.2 Å². The number of rotatable bonds is 6. The molecule has 0 radical (unpaired) electrons. The normalized spacial score (nSPS) is 16.3. The van der Waals surface area contributed by atoms with Crippen LogP contribution in [0.25, 0.3) is 0 Å². The van der Waals surface area contributed by atoms with Crippen molar-refractivity contribution < 1.29 is 9.53 Å². The van der Waals surface area contributed by atoms with Crippen LogP contribution in [0.3, 0.4) is 0 Å². The number of methoxy groups -OCH3 is 1. The summed E-state index contributed by atoms with van der Waals surface area (Å²) in [6.45, 7) is 1.18. The van der Waals surface area contributed by atoms with E-state index in [9.17, 15) is 4.79 Å². The monoisotopic (exact) mass is 267 g/mol. The van der Waals surface area contributed by atoms with Crippen molar-refractivity contribution in [1.82, 2.24) is 4.90 Å². The molecule has 0 bridgehead atoms. The van der Waals surface area contributed by atoms with E-state index in [1.165, 1.54) is 0 Å². The molecule has 4 heteroatoms. The zero-order chi connectivity index (χ0) is 13.0. The van der Waals surface area contributed by atoms with Crippen molar-refractivity contribution in [3.8, 4) is 0 Å². The first kappa shape index (κ1) is 13.4. The third-order valence-electron chi connectivity index (χ3n) is 3.12. The molecular weight excluding hydrogens is 250 g/mol. The fourth-order valence-corrected chi connectivity index (χ4v) is 2.23. The predicted molar refractivity (Wildman–Crippen MR) is 71.6 cm³/mol. The Hall–Kier alpha value is -1.06. The Morgan fingerprint density at radius 1 is 1.44 bits per heavy atom. The van der Waals surface area contributed by atoms with Crippen molar-refractivity contribution in [2.45, 2.75) is 24.3 Å². The molecule has 0 saturated heterocycles. The van der Waals surface area contributed by atoms with Crippen LogP contribution >= 0.6 is 11.6 Å². The highest BCUT2D eigenvalue weighted by Crippen LogP contribution is 2.31. The van der Waals surface area contributed by atoms with Crippen LogP contribution < -0.4 is 0 Å². The summed E-state index contributed by atoms with van der Waals surface area (Å²) in [5, 5.41) is -0.594. The number of carbonyl (C=O) groups excluding carboxylic acids is 1. The Bertz CT molecular complexity index is 392. The summed E-state index contributed by atoms with van der Waals surface area (Å²) in [6, 6.07) is 9.84. The molecule has 1 atom stereocenters. The Morgan fingerprint density at radius 2 is 2.11 bits per heavy atom. The van der Waals surface area contributed by atoms with Crippen molar-refractivity contribution in [2.24, 2.45) is 0 Å². The van der Waals surface area contributed by atoms with E-state index in [1.54, 1.807) is 7.11 Å². The number of alkyl halides is 1. The fraction of sp³-hybridized carbons (Fsp3) is 0.500. The fourth-order valence-electron chi connectivity index (χ4n) is 1.96. The van der Waals surface area contributed by atoms with Crippen molar-refractivity contribution in [3.63, 3.8) is 0 Å². The standard InChI is InChI=1S/C14H18ClNO2/c1-18-10-9-16(12-7-8-12)14(17)13(15)11-5-3-2-4-6-11/h2-6,12-13H,7-10H2,1H3. The average Bonchev–Trinajstić information content (AvgIpc) is 3.24. The van der Waals surface area contributed by atoms with Crippen LogP contribution in [0.2, 0.25) is 0 Å². The summed E-state index contributed by atoms with van der Waals surface area (Å²) in [6.07, 6.45) is 2.15. The molecule has 1 aliphatic rings. The summed E-state index contributed by atoms with van der Waals surface area (Å²) in [7, 11) is 1.64. The summed E-state index contributed by atoms with van der Waals surface area (Å²) >= 11 is 6.27. The first-order valence-electron chi connectivity index (χ1n) is 6.22. The molecule has 98 valence electrons. The van der Waals surface area contributed by atoms with Gasteiger partial charge in [-0.2, -0.15) is 0 Å². The Balaban J connectivity index is 2.03. The number of carbonyl (C=O) groups is 1. The second kappa shape index (κ2) is 6.21. The molecule has 18 heavy (non-hydrogen) atoms. The highest BCUT2D eigenvalue weighted by molar-refractivity contribution is 6.30. The molecule has 1 aromatic rings. The van der Waals surface area contributed by atoms with E-state index in [2.05, 4.69) is 0 Å². The molecule has 1 unspecified atom stereocenters. The Kier molecular flexibility index (Phi) is 4.61. The summed E-state index contributed by atoms with van der Waals surface area (Å²) in [5.74, 6) is -0.0117. The number of hydrogen-bond acceptors (Lipinski definition) is 2. The summed E-state index contributed by atoms with van der Waals surface area (Å²) in [5.41, 5.74) is 0.854. The van der Waals surface area contributed by atoms with Crippen molar-refractivity contribution in [1.29, 1.82) is 0 Å². The lowest BCUT2D eigenvalue weighted by Gasteiger charge is -2.24. The minimum atomic E-state index is -0.594. The van der Waals surface area contributed by atoms with Crippen LogP contribution in [0, 0.1) is 0 Å². The Morgan fingerprint density at radius 3 is 2.67 bits per heavy atom. The van der Waals surface area contributed by atoms with Gasteiger partial charge in [0, 0.05) is 19.7 Å². The maximum absolute atomic E-state index is 12.4. The van der Waals surface area contributed by atoms with Gasteiger partial charge in [-0.1, -0.05) is 30.3 Å². The van der Waals surface area contributed by atoms with Crippen molar-refractivity contribution in [2.75, 3.05) is 20.3 Å². The summed E-state index contributed by atoms with van der Waals surface area (Å²) < 4.78 is 5.05. The first-order valence-corrected chi connectivity index (χ1v) is 6.66. The number of benzene rings is 1. The van der Waals surface area contributed by atoms with Crippen LogP contribution in [0.4, 0.5) is 0 Å². The molecule has 2 rings (SSSR count). The second-order valence-corrected chi connectivity index (χ2v) is 4.97. The zero-order valence-corrected chi connectivity index (χ0v) is 11.3. The van der Waals surface area contributed by atoms with Crippen LogP contribution in [0.15, 0.2) is 30.3 Å². The van der Waals surface area contributed by atoms with Gasteiger partial charge >= 0.3 is 0 Å². The van der Waals surface area contributed by atoms with Gasteiger partial charge in [-0.3, -0.25) is 4.79 Å². The van der Waals surface area contributed by atoms with Gasteiger partial charge in [0.1, 0.15) is 5.38 Å². The number of nitrogens with zero attached hydrogens (tertiary/aromatic N) is 1. The lowest BCUT2D eigenvalue weighted by Crippen LogP contribution is -2.37. The number of amides is 1. The summed E-state index contributed by atoms with van der Waals surface area (Å²) in [4.78, 5) is 14.2. The smallest absolute Gasteiger partial charge is 0.245 e. The van der Waals surface area contributed by atoms with Crippen LogP contribution in [-0.2, 0) is 9.53 Å². The third-order valence-corrected chi connectivity index (χ3v) is 3.55. The molecular formula is C14H18ClNO2. The second-order valence-electron chi connectivity index (χ2n) is 4.53. The topological polar surface area (TPSA) is 29.5 Å². The lowest BCUT2D eigenvalue weighted by molar-refractivity contribution is -0.132. The average molecular weight is 268 g/mol. The van der Waals surface area contributed by atoms with Gasteiger partial charge in [0.05, 0.1) is 6.61 Å². The lowest BCUT2D eigenvalue weighted by atomic mass is 10.1. The molecule has 1 fully saturated rings. The molecule has 0 N–H and O–H groups in total. The molecule has 1 aromatic carbocycles. The van der Waals surface area contributed by atoms with Gasteiger partial charge in [-0.25, -0.2) is 0 Å². The highest BCUT2D eigenvalue weighted by Gasteiger charge is 2.35. The first-order chi connectivity index (χ1) is 8.74. The van der Waals surface area contributed by atoms with Gasteiger partial charge in [0.2, 0.25) is 5.91 Å². The molecule has 0 aromatic heterocycles. The van der Waals surface area contributed by atoms with E-state index in [4.69, 9.17) is 16.3 Å². The minimum Gasteiger partial charge on any atom is -0.383 e. The molecule has 0 spiro atoms. The minimum absolute atomic E-state index is 0.0117. The van der Waals surface area contributed by atoms with Crippen LogP contribution in [0.1, 0.15) is 23.8 Å². The van der Waals surface area contributed by atoms with E-state index in [1.807, 2.05) is 35.2 Å². The van der Waals surface area contributed by atoms with Crippen LogP contribution in [0.5, 0.6) is 0 Å². The van der Waals surface area contributed by atoms with E-state index in [0.717, 1.165) is 18.4 Å². The predicted octanol–water partition coefficient (Wildman–Crippen LogP) is 2.60. The van der Waals surface area contributed by atoms with Crippen molar-refractivity contribution >= 4 is 17.5 Å². The van der Waals surface area contributed by atoms with Crippen molar-refractivity contribution in [3.05, 3.63) is 35.9 Å². The van der Waals surface area contributed by atoms with E-state index in [-0.39, 0.29) is 5.91 Å². The third kappa shape index (κ3) is 3.24. The molecule has 1 aliphatic carbocycles. The highest BCUT2D eigenvalue weighted by atomic mass is 35.5. The number of ether oxygens (including phenoxy) is 1. The number of halogens is 1. The molecule has 1 amide bonds. The van der Waals surface area contributed by atoms with Gasteiger partial charge in [0.15, 0.2) is 0 Å². The zero-order valence-electron chi connectivity index (χ0n) is 10.5. The Labute approximate surface area is 113 Å². The van der Waals surface area contributed by atoms with E-state index < -0.39 is 5.38 Å². The maximum Gasteiger partial charge on any atom is 0.245 e. The van der Waals surface area contributed by atoms with Gasteiger partial charge in [-0.05, 0) is 18.4 Å². The molecule has 3 nitrogen and oxygen atoms in total. The molecule has 1 saturated carbocycles. The molecule has 0 heterocycles. The van der Waals surface area contributed by atoms with Crippen LogP contribution in [-0.4, -0.2) is 37.1 Å². The van der Waals surface area contributed by atoms with Gasteiger partial charge in [0.25, 0.3) is 0 Å². The van der Waals surface area contributed by atoms with Gasteiger partial charge < -0.3 is 9.64 Å². The number of hydrogen-bond donors (Lipinski definition) is 0. The van der Waals surface area contributed by atoms with Gasteiger partial charge in [-0.15, -0.1) is 11.6 Å². The quantitative estimate of drug-likeness (QED) is 0.742. The molecule has 0 aliphatic heterocycles. The SMILES string of the molecule is COCCN(C(=O)C(Cl)c1ccccc1)C1CC1. The largest absolute Gasteiger partial charge is 0.383 e. The maximum atomic E-state index is 12.4.